The number of rotatable bonds is 2. The Kier molecular flexibility index (Phi) is 3.81. The number of amides is 1. The molecule has 4 heteroatoms. The van der Waals surface area contributed by atoms with Crippen molar-refractivity contribution in [2.75, 3.05) is 6.54 Å². The number of hydrogen-bond donors (Lipinski definition) is 0. The largest absolute Gasteiger partial charge is 0.335 e. The Labute approximate surface area is 129 Å². The van der Waals surface area contributed by atoms with Crippen LogP contribution in [-0.2, 0) is 0 Å². The fourth-order valence-corrected chi connectivity index (χ4v) is 3.92. The standard InChI is InChI=1S/C17H20N2OS/c1-11-6-4-5-7-15(11)14-8-12(2)19(10-14)17(20)16-9-18-13(3)21-16/h4-7,9,12,14H,8,10H2,1-3H3/t12-,14+/m0/s1. The summed E-state index contributed by atoms with van der Waals surface area (Å²) >= 11 is 1.48. The van der Waals surface area contributed by atoms with Crippen molar-refractivity contribution in [2.24, 2.45) is 0 Å². The van der Waals surface area contributed by atoms with Gasteiger partial charge in [-0.2, -0.15) is 0 Å². The number of benzene rings is 1. The van der Waals surface area contributed by atoms with E-state index < -0.39 is 0 Å². The third-order valence-electron chi connectivity index (χ3n) is 4.30. The van der Waals surface area contributed by atoms with E-state index in [-0.39, 0.29) is 11.9 Å². The number of carbonyl (C=O) groups excluding carboxylic acids is 1. The van der Waals surface area contributed by atoms with Crippen LogP contribution < -0.4 is 0 Å². The Morgan fingerprint density at radius 2 is 2.10 bits per heavy atom. The third-order valence-corrected chi connectivity index (χ3v) is 5.20. The molecule has 0 unspecified atom stereocenters. The van der Waals surface area contributed by atoms with Gasteiger partial charge in [-0.25, -0.2) is 4.98 Å². The lowest BCUT2D eigenvalue weighted by molar-refractivity contribution is 0.0750. The lowest BCUT2D eigenvalue weighted by atomic mass is 9.93. The van der Waals surface area contributed by atoms with Gasteiger partial charge in [0.25, 0.3) is 5.91 Å². The first-order valence-corrected chi connectivity index (χ1v) is 8.17. The second kappa shape index (κ2) is 5.60. The van der Waals surface area contributed by atoms with Crippen molar-refractivity contribution in [3.05, 3.63) is 51.5 Å². The summed E-state index contributed by atoms with van der Waals surface area (Å²) in [4.78, 5) is 19.6. The highest BCUT2D eigenvalue weighted by molar-refractivity contribution is 7.13. The van der Waals surface area contributed by atoms with Crippen LogP contribution in [0.25, 0.3) is 0 Å². The maximum absolute atomic E-state index is 12.6. The van der Waals surface area contributed by atoms with Crippen molar-refractivity contribution in [3.8, 4) is 0 Å². The zero-order valence-electron chi connectivity index (χ0n) is 12.7. The monoisotopic (exact) mass is 300 g/mol. The van der Waals surface area contributed by atoms with Gasteiger partial charge >= 0.3 is 0 Å². The Bertz CT molecular complexity index is 664. The molecule has 1 amide bonds. The van der Waals surface area contributed by atoms with Crippen molar-refractivity contribution < 1.29 is 4.79 Å². The molecule has 0 spiro atoms. The summed E-state index contributed by atoms with van der Waals surface area (Å²) in [6.07, 6.45) is 2.74. The number of hydrogen-bond acceptors (Lipinski definition) is 3. The predicted molar refractivity (Wildman–Crippen MR) is 85.9 cm³/mol. The van der Waals surface area contributed by atoms with Crippen molar-refractivity contribution in [1.82, 2.24) is 9.88 Å². The smallest absolute Gasteiger partial charge is 0.265 e. The van der Waals surface area contributed by atoms with Gasteiger partial charge in [-0.3, -0.25) is 4.79 Å². The number of likely N-dealkylation sites (tertiary alicyclic amines) is 1. The van der Waals surface area contributed by atoms with Crippen LogP contribution in [0, 0.1) is 13.8 Å². The molecule has 0 N–H and O–H groups in total. The summed E-state index contributed by atoms with van der Waals surface area (Å²) in [6.45, 7) is 7.04. The van der Waals surface area contributed by atoms with Crippen molar-refractivity contribution >= 4 is 17.2 Å². The normalized spacial score (nSPS) is 21.8. The molecule has 3 nitrogen and oxygen atoms in total. The van der Waals surface area contributed by atoms with E-state index in [0.29, 0.717) is 5.92 Å². The SMILES string of the molecule is Cc1ncc(C(=O)N2C[C@H](c3ccccc3C)C[C@@H]2C)s1. The lowest BCUT2D eigenvalue weighted by Gasteiger charge is -2.20. The molecule has 2 aromatic rings. The minimum Gasteiger partial charge on any atom is -0.335 e. The number of aromatic nitrogens is 1. The van der Waals surface area contributed by atoms with Crippen LogP contribution in [-0.4, -0.2) is 28.4 Å². The molecular formula is C17H20N2OS. The van der Waals surface area contributed by atoms with Gasteiger partial charge in [0.15, 0.2) is 0 Å². The molecule has 1 aliphatic heterocycles. The molecule has 21 heavy (non-hydrogen) atoms. The summed E-state index contributed by atoms with van der Waals surface area (Å²) in [6, 6.07) is 8.78. The summed E-state index contributed by atoms with van der Waals surface area (Å²) in [5.74, 6) is 0.573. The fourth-order valence-electron chi connectivity index (χ4n) is 3.19. The van der Waals surface area contributed by atoms with E-state index in [1.807, 2.05) is 11.8 Å². The highest BCUT2D eigenvalue weighted by Crippen LogP contribution is 2.34. The van der Waals surface area contributed by atoms with Gasteiger partial charge in [-0.05, 0) is 38.3 Å². The Morgan fingerprint density at radius 1 is 1.33 bits per heavy atom. The first-order valence-electron chi connectivity index (χ1n) is 7.35. The molecule has 3 rings (SSSR count). The van der Waals surface area contributed by atoms with Crippen LogP contribution in [0.3, 0.4) is 0 Å². The van der Waals surface area contributed by atoms with Gasteiger partial charge in [0.1, 0.15) is 4.88 Å². The highest BCUT2D eigenvalue weighted by Gasteiger charge is 2.34. The molecule has 110 valence electrons. The van der Waals surface area contributed by atoms with E-state index in [1.54, 1.807) is 6.20 Å². The maximum atomic E-state index is 12.6. The van der Waals surface area contributed by atoms with Gasteiger partial charge in [-0.15, -0.1) is 11.3 Å². The highest BCUT2D eigenvalue weighted by atomic mass is 32.1. The zero-order valence-corrected chi connectivity index (χ0v) is 13.5. The molecule has 1 aromatic heterocycles. The van der Waals surface area contributed by atoms with Crippen LogP contribution in [0.1, 0.15) is 45.1 Å². The number of thiazole rings is 1. The number of aryl methyl sites for hydroxylation is 2. The molecule has 0 saturated carbocycles. The van der Waals surface area contributed by atoms with E-state index in [2.05, 4.69) is 43.1 Å². The quantitative estimate of drug-likeness (QED) is 0.845. The Balaban J connectivity index is 1.80. The number of nitrogens with zero attached hydrogens (tertiary/aromatic N) is 2. The van der Waals surface area contributed by atoms with Gasteiger partial charge < -0.3 is 4.90 Å². The minimum atomic E-state index is 0.129. The average Bonchev–Trinajstić information content (AvgIpc) is 3.05. The van der Waals surface area contributed by atoms with Crippen LogP contribution in [0.4, 0.5) is 0 Å². The third kappa shape index (κ3) is 2.72. The van der Waals surface area contributed by atoms with E-state index in [1.165, 1.54) is 22.5 Å². The van der Waals surface area contributed by atoms with Crippen LogP contribution >= 0.6 is 11.3 Å². The van der Waals surface area contributed by atoms with E-state index >= 15 is 0 Å². The van der Waals surface area contributed by atoms with Crippen LogP contribution in [0.5, 0.6) is 0 Å². The molecular weight excluding hydrogens is 280 g/mol. The first-order chi connectivity index (χ1) is 10.1. The van der Waals surface area contributed by atoms with E-state index in [9.17, 15) is 4.79 Å². The Morgan fingerprint density at radius 3 is 2.76 bits per heavy atom. The van der Waals surface area contributed by atoms with Crippen molar-refractivity contribution in [3.63, 3.8) is 0 Å². The van der Waals surface area contributed by atoms with E-state index in [4.69, 9.17) is 0 Å². The van der Waals surface area contributed by atoms with Crippen LogP contribution in [0.15, 0.2) is 30.5 Å². The molecule has 1 aromatic carbocycles. The summed E-state index contributed by atoms with van der Waals surface area (Å²) < 4.78 is 0. The molecule has 1 saturated heterocycles. The van der Waals surface area contributed by atoms with Gasteiger partial charge in [0.2, 0.25) is 0 Å². The molecule has 1 aliphatic rings. The second-order valence-corrected chi connectivity index (χ2v) is 7.07. The molecule has 1 fully saturated rings. The topological polar surface area (TPSA) is 33.2 Å². The van der Waals surface area contributed by atoms with Gasteiger partial charge in [0.05, 0.1) is 11.2 Å². The number of carbonyl (C=O) groups is 1. The molecule has 2 heterocycles. The predicted octanol–water partition coefficient (Wildman–Crippen LogP) is 3.78. The van der Waals surface area contributed by atoms with Gasteiger partial charge in [-0.1, -0.05) is 24.3 Å². The maximum Gasteiger partial charge on any atom is 0.265 e. The molecule has 0 bridgehead atoms. The molecule has 0 radical (unpaired) electrons. The first kappa shape index (κ1) is 14.3. The van der Waals surface area contributed by atoms with E-state index in [0.717, 1.165) is 22.9 Å². The Hall–Kier alpha value is -1.68. The van der Waals surface area contributed by atoms with Crippen molar-refractivity contribution in [1.29, 1.82) is 0 Å². The van der Waals surface area contributed by atoms with Crippen LogP contribution in [0.2, 0.25) is 0 Å². The van der Waals surface area contributed by atoms with Crippen molar-refractivity contribution in [2.45, 2.75) is 39.2 Å². The lowest BCUT2D eigenvalue weighted by Crippen LogP contribution is -2.33. The molecule has 2 atom stereocenters. The fraction of sp³-hybridized carbons (Fsp3) is 0.412. The summed E-state index contributed by atoms with van der Waals surface area (Å²) in [5.41, 5.74) is 2.69. The zero-order chi connectivity index (χ0) is 15.0. The summed E-state index contributed by atoms with van der Waals surface area (Å²) in [5, 5.41) is 0.945. The van der Waals surface area contributed by atoms with Gasteiger partial charge in [0, 0.05) is 18.5 Å². The average molecular weight is 300 g/mol. The minimum absolute atomic E-state index is 0.129. The molecule has 0 aliphatic carbocycles. The second-order valence-electron chi connectivity index (χ2n) is 5.84. The summed E-state index contributed by atoms with van der Waals surface area (Å²) in [7, 11) is 0.